The number of hydrogen-bond donors (Lipinski definition) is 0. The van der Waals surface area contributed by atoms with E-state index >= 15 is 0 Å². The van der Waals surface area contributed by atoms with Crippen LogP contribution in [0.3, 0.4) is 0 Å². The molecule has 0 bridgehead atoms. The fourth-order valence-corrected chi connectivity index (χ4v) is 3.37. The molecule has 2 aliphatic rings. The molecule has 0 spiro atoms. The number of piperidine rings is 1. The van der Waals surface area contributed by atoms with Gasteiger partial charge in [-0.1, -0.05) is 6.42 Å². The fraction of sp³-hybridized carbons (Fsp3) is 0.625. The molecule has 2 heterocycles. The van der Waals surface area contributed by atoms with Crippen molar-refractivity contribution in [3.63, 3.8) is 0 Å². The minimum absolute atomic E-state index is 0.717. The van der Waals surface area contributed by atoms with Gasteiger partial charge < -0.3 is 14.4 Å². The Morgan fingerprint density at radius 2 is 1.70 bits per heavy atom. The van der Waals surface area contributed by atoms with E-state index in [2.05, 4.69) is 21.9 Å². The number of anilines is 1. The van der Waals surface area contributed by atoms with Crippen LogP contribution in [0.4, 0.5) is 5.69 Å². The second-order valence-corrected chi connectivity index (χ2v) is 5.70. The molecule has 0 aromatic heterocycles. The van der Waals surface area contributed by atoms with Crippen LogP contribution in [0.25, 0.3) is 0 Å². The van der Waals surface area contributed by atoms with Gasteiger partial charge in [-0.15, -0.1) is 0 Å². The second-order valence-electron chi connectivity index (χ2n) is 5.70. The molecule has 3 rings (SSSR count). The van der Waals surface area contributed by atoms with E-state index in [1.165, 1.54) is 38.0 Å². The molecule has 20 heavy (non-hydrogen) atoms. The highest BCUT2D eigenvalue weighted by Crippen LogP contribution is 2.31. The summed E-state index contributed by atoms with van der Waals surface area (Å²) < 4.78 is 10.8. The van der Waals surface area contributed by atoms with E-state index in [-0.39, 0.29) is 0 Å². The molecule has 1 aromatic rings. The van der Waals surface area contributed by atoms with Crippen molar-refractivity contribution in [2.24, 2.45) is 0 Å². The molecule has 1 unspecified atom stereocenters. The third-order valence-corrected chi connectivity index (χ3v) is 4.54. The van der Waals surface area contributed by atoms with Gasteiger partial charge >= 0.3 is 0 Å². The Morgan fingerprint density at radius 3 is 2.40 bits per heavy atom. The number of fused-ring (bicyclic) bond motifs is 1. The highest BCUT2D eigenvalue weighted by atomic mass is 16.5. The summed E-state index contributed by atoms with van der Waals surface area (Å²) in [7, 11) is 3.41. The molecule has 0 radical (unpaired) electrons. The molecule has 0 N–H and O–H groups in total. The molecule has 1 atom stereocenters. The van der Waals surface area contributed by atoms with Crippen LogP contribution in [0, 0.1) is 0 Å². The minimum Gasteiger partial charge on any atom is -0.497 e. The lowest BCUT2D eigenvalue weighted by Gasteiger charge is -2.45. The van der Waals surface area contributed by atoms with Gasteiger partial charge in [0.15, 0.2) is 0 Å². The number of nitrogens with zero attached hydrogens (tertiary/aromatic N) is 2. The second kappa shape index (κ2) is 5.92. The van der Waals surface area contributed by atoms with Crippen LogP contribution in [0.2, 0.25) is 0 Å². The van der Waals surface area contributed by atoms with Crippen LogP contribution < -0.4 is 14.4 Å². The first-order chi connectivity index (χ1) is 9.80. The van der Waals surface area contributed by atoms with Gasteiger partial charge in [-0.3, -0.25) is 4.90 Å². The Kier molecular flexibility index (Phi) is 4.01. The molecule has 0 amide bonds. The maximum absolute atomic E-state index is 5.38. The summed E-state index contributed by atoms with van der Waals surface area (Å²) in [6.45, 7) is 4.66. The Labute approximate surface area is 121 Å². The molecule has 2 fully saturated rings. The van der Waals surface area contributed by atoms with Crippen LogP contribution in [0.1, 0.15) is 19.3 Å². The van der Waals surface area contributed by atoms with Gasteiger partial charge in [-0.25, -0.2) is 0 Å². The molecule has 1 aromatic carbocycles. The average Bonchev–Trinajstić information content (AvgIpc) is 2.53. The number of rotatable bonds is 3. The summed E-state index contributed by atoms with van der Waals surface area (Å²) in [5.41, 5.74) is 1.21. The number of piperazine rings is 1. The van der Waals surface area contributed by atoms with Gasteiger partial charge in [-0.05, 0) is 19.4 Å². The van der Waals surface area contributed by atoms with Gasteiger partial charge in [0.2, 0.25) is 0 Å². The Bertz CT molecular complexity index is 442. The molecule has 110 valence electrons. The zero-order valence-corrected chi connectivity index (χ0v) is 12.5. The van der Waals surface area contributed by atoms with Gasteiger partial charge in [0.05, 0.1) is 14.2 Å². The van der Waals surface area contributed by atoms with Crippen LogP contribution in [-0.4, -0.2) is 51.3 Å². The van der Waals surface area contributed by atoms with E-state index in [0.29, 0.717) is 0 Å². The van der Waals surface area contributed by atoms with Crippen molar-refractivity contribution in [3.05, 3.63) is 18.2 Å². The molecule has 0 aliphatic carbocycles. The summed E-state index contributed by atoms with van der Waals surface area (Å²) in [5, 5.41) is 0. The first kappa shape index (κ1) is 13.6. The summed E-state index contributed by atoms with van der Waals surface area (Å²) in [6, 6.07) is 6.87. The van der Waals surface area contributed by atoms with Crippen LogP contribution >= 0.6 is 0 Å². The van der Waals surface area contributed by atoms with Gasteiger partial charge in [0.1, 0.15) is 11.5 Å². The monoisotopic (exact) mass is 276 g/mol. The van der Waals surface area contributed by atoms with E-state index in [1.54, 1.807) is 14.2 Å². The van der Waals surface area contributed by atoms with Crippen molar-refractivity contribution in [1.29, 1.82) is 0 Å². The number of methoxy groups -OCH3 is 2. The molecule has 0 saturated carbocycles. The van der Waals surface area contributed by atoms with Crippen molar-refractivity contribution in [2.75, 3.05) is 45.3 Å². The molecule has 4 heteroatoms. The summed E-state index contributed by atoms with van der Waals surface area (Å²) >= 11 is 0. The fourth-order valence-electron chi connectivity index (χ4n) is 3.37. The summed E-state index contributed by atoms with van der Waals surface area (Å²) in [5.74, 6) is 1.73. The maximum atomic E-state index is 5.38. The van der Waals surface area contributed by atoms with Gasteiger partial charge in [-0.2, -0.15) is 0 Å². The smallest absolute Gasteiger partial charge is 0.124 e. The lowest BCUT2D eigenvalue weighted by Crippen LogP contribution is -2.54. The lowest BCUT2D eigenvalue weighted by molar-refractivity contribution is 0.133. The molecular weight excluding hydrogens is 252 g/mol. The largest absolute Gasteiger partial charge is 0.497 e. The number of ether oxygens (including phenoxy) is 2. The summed E-state index contributed by atoms with van der Waals surface area (Å²) in [4.78, 5) is 5.12. The molecule has 4 nitrogen and oxygen atoms in total. The van der Waals surface area contributed by atoms with Crippen LogP contribution in [0.5, 0.6) is 11.5 Å². The predicted octanol–water partition coefficient (Wildman–Crippen LogP) is 2.38. The van der Waals surface area contributed by atoms with E-state index in [4.69, 9.17) is 9.47 Å². The van der Waals surface area contributed by atoms with E-state index in [0.717, 1.165) is 30.6 Å². The average molecular weight is 276 g/mol. The van der Waals surface area contributed by atoms with E-state index < -0.39 is 0 Å². The van der Waals surface area contributed by atoms with Crippen molar-refractivity contribution in [3.8, 4) is 11.5 Å². The lowest BCUT2D eigenvalue weighted by atomic mass is 9.99. The number of hydrogen-bond acceptors (Lipinski definition) is 4. The highest BCUT2D eigenvalue weighted by Gasteiger charge is 2.29. The van der Waals surface area contributed by atoms with Crippen LogP contribution in [-0.2, 0) is 0 Å². The first-order valence-corrected chi connectivity index (χ1v) is 7.52. The Hall–Kier alpha value is -1.42. The van der Waals surface area contributed by atoms with Crippen molar-refractivity contribution in [1.82, 2.24) is 4.90 Å². The SMILES string of the molecule is COc1cc(OC)cc(N2CCN3CCCCC3C2)c1. The Balaban J connectivity index is 1.78. The minimum atomic E-state index is 0.717. The zero-order chi connectivity index (χ0) is 13.9. The highest BCUT2D eigenvalue weighted by molar-refractivity contribution is 5.56. The predicted molar refractivity (Wildman–Crippen MR) is 81.0 cm³/mol. The molecular formula is C16H24N2O2. The third kappa shape index (κ3) is 2.70. The van der Waals surface area contributed by atoms with Crippen molar-refractivity contribution < 1.29 is 9.47 Å². The standard InChI is InChI=1S/C16H24N2O2/c1-19-15-9-14(10-16(11-15)20-2)18-8-7-17-6-4-3-5-13(17)12-18/h9-11,13H,3-8,12H2,1-2H3. The summed E-state index contributed by atoms with van der Waals surface area (Å²) in [6.07, 6.45) is 4.07. The van der Waals surface area contributed by atoms with E-state index in [1.807, 2.05) is 6.07 Å². The van der Waals surface area contributed by atoms with Crippen molar-refractivity contribution >= 4 is 5.69 Å². The number of benzene rings is 1. The normalized spacial score (nSPS) is 23.3. The van der Waals surface area contributed by atoms with Gasteiger partial charge in [0.25, 0.3) is 0 Å². The zero-order valence-electron chi connectivity index (χ0n) is 12.5. The topological polar surface area (TPSA) is 24.9 Å². The quantitative estimate of drug-likeness (QED) is 0.846. The molecule has 2 saturated heterocycles. The van der Waals surface area contributed by atoms with Crippen molar-refractivity contribution in [2.45, 2.75) is 25.3 Å². The van der Waals surface area contributed by atoms with E-state index in [9.17, 15) is 0 Å². The first-order valence-electron chi connectivity index (χ1n) is 7.52. The molecule has 2 aliphatic heterocycles. The third-order valence-electron chi connectivity index (χ3n) is 4.54. The maximum Gasteiger partial charge on any atom is 0.124 e. The van der Waals surface area contributed by atoms with Gasteiger partial charge in [0, 0.05) is 49.6 Å². The Morgan fingerprint density at radius 1 is 0.950 bits per heavy atom. The van der Waals surface area contributed by atoms with Crippen LogP contribution in [0.15, 0.2) is 18.2 Å².